The number of rotatable bonds is 5. The lowest BCUT2D eigenvalue weighted by atomic mass is 10.1. The minimum atomic E-state index is -3.29. The summed E-state index contributed by atoms with van der Waals surface area (Å²) in [6, 6.07) is 9.70. The molecule has 25 heavy (non-hydrogen) atoms. The summed E-state index contributed by atoms with van der Waals surface area (Å²) >= 11 is 0. The number of amides is 1. The number of benzene rings is 1. The van der Waals surface area contributed by atoms with Gasteiger partial charge in [0.25, 0.3) is 0 Å². The van der Waals surface area contributed by atoms with Gasteiger partial charge in [0, 0.05) is 32.2 Å². The molecule has 1 amide bonds. The Hall–Kier alpha value is -1.15. The number of hydrogen-bond donors (Lipinski definition) is 1. The van der Waals surface area contributed by atoms with Gasteiger partial charge < -0.3 is 10.2 Å². The van der Waals surface area contributed by atoms with Gasteiger partial charge in [-0.25, -0.2) is 8.42 Å². The van der Waals surface area contributed by atoms with Crippen LogP contribution in [0.3, 0.4) is 0 Å². The van der Waals surface area contributed by atoms with E-state index < -0.39 is 10.0 Å². The molecule has 0 radical (unpaired) electrons. The molecule has 2 saturated heterocycles. The van der Waals surface area contributed by atoms with Crippen molar-refractivity contribution in [3.05, 3.63) is 35.9 Å². The van der Waals surface area contributed by atoms with Crippen LogP contribution in [-0.4, -0.2) is 68.0 Å². The van der Waals surface area contributed by atoms with Crippen molar-refractivity contribution in [2.45, 2.75) is 25.3 Å². The molecule has 140 valence electrons. The van der Waals surface area contributed by atoms with Crippen LogP contribution in [0.2, 0.25) is 0 Å². The summed E-state index contributed by atoms with van der Waals surface area (Å²) in [7, 11) is -3.29. The zero-order valence-corrected chi connectivity index (χ0v) is 15.9. The van der Waals surface area contributed by atoms with E-state index in [9.17, 15) is 13.2 Å². The van der Waals surface area contributed by atoms with E-state index in [1.807, 2.05) is 35.2 Å². The van der Waals surface area contributed by atoms with Crippen LogP contribution in [0.15, 0.2) is 30.3 Å². The lowest BCUT2D eigenvalue weighted by Gasteiger charge is -2.40. The highest BCUT2D eigenvalue weighted by atomic mass is 35.5. The summed E-state index contributed by atoms with van der Waals surface area (Å²) in [5.41, 5.74) is 1.03. The van der Waals surface area contributed by atoms with Crippen molar-refractivity contribution in [1.29, 1.82) is 0 Å². The minimum absolute atomic E-state index is 0. The van der Waals surface area contributed by atoms with E-state index in [1.165, 1.54) is 0 Å². The standard InChI is InChI=1S/C17H25N3O3S.ClH/c21-17-13-18-9-11-20(17)16-7-4-10-19(14-16)24(22,23)12-8-15-5-2-1-3-6-15;/h1-3,5-6,16,18H,4,7-14H2;1H. The molecule has 1 aromatic rings. The quantitative estimate of drug-likeness (QED) is 0.814. The zero-order valence-electron chi connectivity index (χ0n) is 14.3. The van der Waals surface area contributed by atoms with Crippen LogP contribution in [0.5, 0.6) is 0 Å². The van der Waals surface area contributed by atoms with E-state index in [4.69, 9.17) is 0 Å². The van der Waals surface area contributed by atoms with Gasteiger partial charge in [-0.3, -0.25) is 4.79 Å². The summed E-state index contributed by atoms with van der Waals surface area (Å²) in [6.07, 6.45) is 2.22. The third kappa shape index (κ3) is 5.17. The third-order valence-corrected chi connectivity index (χ3v) is 6.65. The van der Waals surface area contributed by atoms with E-state index >= 15 is 0 Å². The summed E-state index contributed by atoms with van der Waals surface area (Å²) in [5, 5.41) is 3.06. The van der Waals surface area contributed by atoms with Crippen molar-refractivity contribution in [3.63, 3.8) is 0 Å². The van der Waals surface area contributed by atoms with Crippen molar-refractivity contribution in [2.75, 3.05) is 38.5 Å². The number of nitrogens with zero attached hydrogens (tertiary/aromatic N) is 2. The normalized spacial score (nSPS) is 22.5. The maximum Gasteiger partial charge on any atom is 0.236 e. The predicted molar refractivity (Wildman–Crippen MR) is 100 cm³/mol. The van der Waals surface area contributed by atoms with Crippen LogP contribution in [-0.2, 0) is 21.2 Å². The highest BCUT2D eigenvalue weighted by Gasteiger charge is 2.34. The monoisotopic (exact) mass is 387 g/mol. The Morgan fingerprint density at radius 3 is 2.64 bits per heavy atom. The number of piperazine rings is 1. The fourth-order valence-electron chi connectivity index (χ4n) is 3.46. The molecule has 3 rings (SSSR count). The molecule has 6 nitrogen and oxygen atoms in total. The second-order valence-corrected chi connectivity index (χ2v) is 8.56. The molecule has 0 spiro atoms. The first-order valence-corrected chi connectivity index (χ1v) is 10.2. The van der Waals surface area contributed by atoms with E-state index in [2.05, 4.69) is 5.32 Å². The van der Waals surface area contributed by atoms with Crippen LogP contribution in [0, 0.1) is 0 Å². The molecule has 1 unspecified atom stereocenters. The van der Waals surface area contributed by atoms with Crippen LogP contribution in [0.4, 0.5) is 0 Å². The first kappa shape index (κ1) is 20.2. The number of sulfonamides is 1. The van der Waals surface area contributed by atoms with Gasteiger partial charge in [-0.1, -0.05) is 30.3 Å². The van der Waals surface area contributed by atoms with Crippen LogP contribution in [0.1, 0.15) is 18.4 Å². The van der Waals surface area contributed by atoms with E-state index in [0.717, 1.165) is 24.9 Å². The lowest BCUT2D eigenvalue weighted by molar-refractivity contribution is -0.135. The average molecular weight is 388 g/mol. The molecule has 2 heterocycles. The first-order valence-electron chi connectivity index (χ1n) is 8.58. The minimum Gasteiger partial charge on any atom is -0.336 e. The summed E-state index contributed by atoms with van der Waals surface area (Å²) in [5.74, 6) is 0.203. The molecule has 2 fully saturated rings. The van der Waals surface area contributed by atoms with Crippen molar-refractivity contribution in [3.8, 4) is 0 Å². The maximum absolute atomic E-state index is 12.7. The Bertz CT molecular complexity index is 669. The molecule has 1 atom stereocenters. The molecule has 0 bridgehead atoms. The number of halogens is 1. The Morgan fingerprint density at radius 2 is 1.92 bits per heavy atom. The predicted octanol–water partition coefficient (Wildman–Crippen LogP) is 0.877. The van der Waals surface area contributed by atoms with E-state index in [-0.39, 0.29) is 30.1 Å². The van der Waals surface area contributed by atoms with Gasteiger partial charge in [0.1, 0.15) is 0 Å². The van der Waals surface area contributed by atoms with Crippen molar-refractivity contribution in [1.82, 2.24) is 14.5 Å². The van der Waals surface area contributed by atoms with Gasteiger partial charge in [-0.15, -0.1) is 12.4 Å². The number of carbonyl (C=O) groups is 1. The molecular weight excluding hydrogens is 362 g/mol. The Balaban J connectivity index is 0.00000225. The van der Waals surface area contributed by atoms with Gasteiger partial charge in [0.05, 0.1) is 12.3 Å². The highest BCUT2D eigenvalue weighted by molar-refractivity contribution is 7.89. The van der Waals surface area contributed by atoms with E-state index in [1.54, 1.807) is 4.31 Å². The van der Waals surface area contributed by atoms with Crippen molar-refractivity contribution in [2.24, 2.45) is 0 Å². The molecule has 0 saturated carbocycles. The highest BCUT2D eigenvalue weighted by Crippen LogP contribution is 2.20. The van der Waals surface area contributed by atoms with Crippen LogP contribution in [0.25, 0.3) is 0 Å². The Kier molecular flexibility index (Phi) is 7.25. The van der Waals surface area contributed by atoms with Gasteiger partial charge in [0.2, 0.25) is 15.9 Å². The zero-order chi connectivity index (χ0) is 17.0. The van der Waals surface area contributed by atoms with Gasteiger partial charge >= 0.3 is 0 Å². The van der Waals surface area contributed by atoms with Crippen LogP contribution >= 0.6 is 12.4 Å². The SMILES string of the molecule is Cl.O=C1CNCCN1C1CCCN(S(=O)(=O)CCc2ccccc2)C1. The molecular formula is C17H26ClN3O3S. The number of aryl methyl sites for hydroxylation is 1. The smallest absolute Gasteiger partial charge is 0.236 e. The van der Waals surface area contributed by atoms with Gasteiger partial charge in [-0.05, 0) is 24.8 Å². The fourth-order valence-corrected chi connectivity index (χ4v) is 5.01. The molecule has 0 aromatic heterocycles. The third-order valence-electron chi connectivity index (χ3n) is 4.81. The summed E-state index contributed by atoms with van der Waals surface area (Å²) < 4.78 is 26.9. The molecule has 2 aliphatic rings. The Morgan fingerprint density at radius 1 is 1.16 bits per heavy atom. The number of piperidine rings is 1. The second-order valence-electron chi connectivity index (χ2n) is 6.47. The molecule has 0 aliphatic carbocycles. The maximum atomic E-state index is 12.7. The summed E-state index contributed by atoms with van der Waals surface area (Å²) in [6.45, 7) is 2.80. The first-order chi connectivity index (χ1) is 11.6. The number of hydrogen-bond acceptors (Lipinski definition) is 4. The van der Waals surface area contributed by atoms with Gasteiger partial charge in [-0.2, -0.15) is 4.31 Å². The number of nitrogens with one attached hydrogen (secondary N) is 1. The van der Waals surface area contributed by atoms with Gasteiger partial charge in [0.15, 0.2) is 0 Å². The molecule has 2 aliphatic heterocycles. The largest absolute Gasteiger partial charge is 0.336 e. The lowest BCUT2D eigenvalue weighted by Crippen LogP contribution is -2.57. The Labute approximate surface area is 156 Å². The summed E-state index contributed by atoms with van der Waals surface area (Å²) in [4.78, 5) is 13.9. The van der Waals surface area contributed by atoms with Crippen LogP contribution < -0.4 is 5.32 Å². The van der Waals surface area contributed by atoms with Crippen molar-refractivity contribution >= 4 is 28.3 Å². The topological polar surface area (TPSA) is 69.7 Å². The molecule has 1 aromatic carbocycles. The van der Waals surface area contributed by atoms with E-state index in [0.29, 0.717) is 32.6 Å². The molecule has 8 heteroatoms. The average Bonchev–Trinajstić information content (AvgIpc) is 2.61. The fraction of sp³-hybridized carbons (Fsp3) is 0.588. The molecule has 1 N–H and O–H groups in total. The van der Waals surface area contributed by atoms with Crippen molar-refractivity contribution < 1.29 is 13.2 Å². The second kappa shape index (κ2) is 8.98. The number of carbonyl (C=O) groups excluding carboxylic acids is 1.